The maximum atomic E-state index is 12.0. The van der Waals surface area contributed by atoms with Gasteiger partial charge in [-0.1, -0.05) is 11.6 Å². The molecular weight excluding hydrogens is 270 g/mol. The number of benzene rings is 1. The second-order valence-corrected chi connectivity index (χ2v) is 4.83. The van der Waals surface area contributed by atoms with E-state index in [4.69, 9.17) is 11.6 Å². The number of hydrogen-bond donors (Lipinski definition) is 2. The van der Waals surface area contributed by atoms with E-state index >= 15 is 0 Å². The van der Waals surface area contributed by atoms with E-state index in [-0.39, 0.29) is 28.2 Å². The van der Waals surface area contributed by atoms with Crippen molar-refractivity contribution in [3.8, 4) is 0 Å². The topological polar surface area (TPSA) is 84.3 Å². The third-order valence-corrected chi connectivity index (χ3v) is 3.40. The average Bonchev–Trinajstić information content (AvgIpc) is 2.39. The van der Waals surface area contributed by atoms with E-state index < -0.39 is 4.92 Å². The van der Waals surface area contributed by atoms with Crippen molar-refractivity contribution in [2.75, 3.05) is 13.1 Å². The number of nitro groups is 1. The molecule has 7 heteroatoms. The summed E-state index contributed by atoms with van der Waals surface area (Å²) in [6, 6.07) is 3.99. The van der Waals surface area contributed by atoms with Crippen molar-refractivity contribution in [2.45, 2.75) is 18.9 Å². The van der Waals surface area contributed by atoms with Crippen LogP contribution in [0, 0.1) is 10.1 Å². The van der Waals surface area contributed by atoms with Crippen LogP contribution in [-0.2, 0) is 0 Å². The molecule has 2 N–H and O–H groups in total. The zero-order chi connectivity index (χ0) is 13.8. The number of hydrogen-bond acceptors (Lipinski definition) is 4. The molecule has 1 saturated heterocycles. The molecule has 1 aromatic carbocycles. The molecule has 0 saturated carbocycles. The van der Waals surface area contributed by atoms with E-state index in [9.17, 15) is 14.9 Å². The molecule has 0 radical (unpaired) electrons. The van der Waals surface area contributed by atoms with Gasteiger partial charge in [0.05, 0.1) is 15.5 Å². The van der Waals surface area contributed by atoms with Crippen LogP contribution in [0.15, 0.2) is 18.2 Å². The summed E-state index contributed by atoms with van der Waals surface area (Å²) >= 11 is 5.91. The Balaban J connectivity index is 2.08. The maximum Gasteiger partial charge on any atom is 0.270 e. The number of carbonyl (C=O) groups is 1. The second-order valence-electron chi connectivity index (χ2n) is 4.42. The van der Waals surface area contributed by atoms with E-state index in [2.05, 4.69) is 10.6 Å². The Morgan fingerprint density at radius 1 is 1.42 bits per heavy atom. The van der Waals surface area contributed by atoms with Crippen LogP contribution >= 0.6 is 11.6 Å². The Morgan fingerprint density at radius 3 is 2.68 bits per heavy atom. The lowest BCUT2D eigenvalue weighted by Gasteiger charge is -2.23. The number of nitrogens with zero attached hydrogens (tertiary/aromatic N) is 1. The van der Waals surface area contributed by atoms with Gasteiger partial charge < -0.3 is 10.6 Å². The number of nitro benzene ring substituents is 1. The third-order valence-electron chi connectivity index (χ3n) is 3.08. The fourth-order valence-electron chi connectivity index (χ4n) is 2.03. The van der Waals surface area contributed by atoms with Gasteiger partial charge in [0, 0.05) is 18.2 Å². The zero-order valence-corrected chi connectivity index (χ0v) is 10.9. The Bertz CT molecular complexity index is 501. The van der Waals surface area contributed by atoms with Crippen LogP contribution < -0.4 is 10.6 Å². The molecule has 0 unspecified atom stereocenters. The summed E-state index contributed by atoms with van der Waals surface area (Å²) in [7, 11) is 0. The molecule has 0 aliphatic carbocycles. The molecular formula is C12H14ClN3O3. The van der Waals surface area contributed by atoms with Crippen LogP contribution in [0.3, 0.4) is 0 Å². The lowest BCUT2D eigenvalue weighted by molar-refractivity contribution is -0.384. The van der Waals surface area contributed by atoms with E-state index in [0.29, 0.717) is 0 Å². The highest BCUT2D eigenvalue weighted by molar-refractivity contribution is 6.34. The number of amides is 1. The highest BCUT2D eigenvalue weighted by Crippen LogP contribution is 2.22. The number of carbonyl (C=O) groups excluding carboxylic acids is 1. The highest BCUT2D eigenvalue weighted by atomic mass is 35.5. The number of piperidine rings is 1. The predicted octanol–water partition coefficient (Wildman–Crippen LogP) is 1.73. The molecule has 0 bridgehead atoms. The minimum atomic E-state index is -0.541. The number of rotatable bonds is 3. The van der Waals surface area contributed by atoms with Gasteiger partial charge in [-0.05, 0) is 32.0 Å². The monoisotopic (exact) mass is 283 g/mol. The van der Waals surface area contributed by atoms with Crippen molar-refractivity contribution in [1.29, 1.82) is 0 Å². The van der Waals surface area contributed by atoms with Crippen LogP contribution in [0.2, 0.25) is 5.02 Å². The SMILES string of the molecule is O=C(NC1CCNCC1)c1ccc([N+](=O)[O-])cc1Cl. The second kappa shape index (κ2) is 5.99. The summed E-state index contributed by atoms with van der Waals surface area (Å²) in [5.41, 5.74) is 0.147. The molecule has 1 aliphatic rings. The lowest BCUT2D eigenvalue weighted by Crippen LogP contribution is -2.42. The van der Waals surface area contributed by atoms with E-state index in [0.717, 1.165) is 25.9 Å². The summed E-state index contributed by atoms with van der Waals surface area (Å²) < 4.78 is 0. The predicted molar refractivity (Wildman–Crippen MR) is 71.5 cm³/mol. The molecule has 0 spiro atoms. The van der Waals surface area contributed by atoms with Crippen molar-refractivity contribution in [1.82, 2.24) is 10.6 Å². The summed E-state index contributed by atoms with van der Waals surface area (Å²) in [5, 5.41) is 16.8. The normalized spacial score (nSPS) is 16.1. The van der Waals surface area contributed by atoms with Gasteiger partial charge in [0.25, 0.3) is 11.6 Å². The largest absolute Gasteiger partial charge is 0.349 e. The molecule has 2 rings (SSSR count). The fourth-order valence-corrected chi connectivity index (χ4v) is 2.29. The van der Waals surface area contributed by atoms with Gasteiger partial charge in [-0.2, -0.15) is 0 Å². The Hall–Kier alpha value is -1.66. The smallest absolute Gasteiger partial charge is 0.270 e. The first kappa shape index (κ1) is 13.8. The quantitative estimate of drug-likeness (QED) is 0.653. The molecule has 1 aromatic rings. The van der Waals surface area contributed by atoms with Crippen molar-refractivity contribution < 1.29 is 9.72 Å². The summed E-state index contributed by atoms with van der Waals surface area (Å²) in [6.07, 6.45) is 1.74. The molecule has 19 heavy (non-hydrogen) atoms. The van der Waals surface area contributed by atoms with Gasteiger partial charge >= 0.3 is 0 Å². The Labute approximate surface area is 115 Å². The van der Waals surface area contributed by atoms with Gasteiger partial charge in [-0.3, -0.25) is 14.9 Å². The van der Waals surface area contributed by atoms with E-state index in [1.54, 1.807) is 0 Å². The van der Waals surface area contributed by atoms with Gasteiger partial charge in [0.1, 0.15) is 0 Å². The third kappa shape index (κ3) is 3.42. The Kier molecular flexibility index (Phi) is 4.34. The van der Waals surface area contributed by atoms with Crippen molar-refractivity contribution in [2.24, 2.45) is 0 Å². The molecule has 102 valence electrons. The van der Waals surface area contributed by atoms with E-state index in [1.807, 2.05) is 0 Å². The van der Waals surface area contributed by atoms with Crippen LogP contribution in [0.1, 0.15) is 23.2 Å². The summed E-state index contributed by atoms with van der Waals surface area (Å²) in [6.45, 7) is 1.75. The first-order chi connectivity index (χ1) is 9.08. The van der Waals surface area contributed by atoms with Crippen molar-refractivity contribution >= 4 is 23.2 Å². The zero-order valence-electron chi connectivity index (χ0n) is 10.2. The van der Waals surface area contributed by atoms with Crippen LogP contribution in [0.4, 0.5) is 5.69 Å². The molecule has 1 amide bonds. The average molecular weight is 284 g/mol. The summed E-state index contributed by atoms with van der Waals surface area (Å²) in [5.74, 6) is -0.285. The van der Waals surface area contributed by atoms with Gasteiger partial charge in [0.15, 0.2) is 0 Å². The highest BCUT2D eigenvalue weighted by Gasteiger charge is 2.19. The van der Waals surface area contributed by atoms with Crippen molar-refractivity contribution in [3.63, 3.8) is 0 Å². The molecule has 6 nitrogen and oxygen atoms in total. The molecule has 1 heterocycles. The van der Waals surface area contributed by atoms with E-state index in [1.165, 1.54) is 18.2 Å². The van der Waals surface area contributed by atoms with Gasteiger partial charge in [-0.15, -0.1) is 0 Å². The number of nitrogens with one attached hydrogen (secondary N) is 2. The standard InChI is InChI=1S/C12H14ClN3O3/c13-11-7-9(16(18)19)1-2-10(11)12(17)15-8-3-5-14-6-4-8/h1-2,7-8,14H,3-6H2,(H,15,17). The minimum absolute atomic E-state index is 0.0978. The molecule has 0 atom stereocenters. The first-order valence-electron chi connectivity index (χ1n) is 6.03. The Morgan fingerprint density at radius 2 is 2.11 bits per heavy atom. The first-order valence-corrected chi connectivity index (χ1v) is 6.41. The fraction of sp³-hybridized carbons (Fsp3) is 0.417. The van der Waals surface area contributed by atoms with Crippen LogP contribution in [0.25, 0.3) is 0 Å². The molecule has 1 aliphatic heterocycles. The summed E-state index contributed by atoms with van der Waals surface area (Å²) in [4.78, 5) is 22.1. The van der Waals surface area contributed by atoms with Crippen molar-refractivity contribution in [3.05, 3.63) is 38.9 Å². The number of non-ortho nitro benzene ring substituents is 1. The molecule has 1 fully saturated rings. The van der Waals surface area contributed by atoms with Crippen LogP contribution in [0.5, 0.6) is 0 Å². The molecule has 0 aromatic heterocycles. The number of halogens is 1. The van der Waals surface area contributed by atoms with Gasteiger partial charge in [-0.25, -0.2) is 0 Å². The maximum absolute atomic E-state index is 12.0. The minimum Gasteiger partial charge on any atom is -0.349 e. The van der Waals surface area contributed by atoms with Gasteiger partial charge in [0.2, 0.25) is 0 Å². The lowest BCUT2D eigenvalue weighted by atomic mass is 10.1. The van der Waals surface area contributed by atoms with Crippen LogP contribution in [-0.4, -0.2) is 30.0 Å².